The van der Waals surface area contributed by atoms with Crippen molar-refractivity contribution in [3.05, 3.63) is 28.8 Å². The van der Waals surface area contributed by atoms with Crippen molar-refractivity contribution in [2.45, 2.75) is 26.9 Å². The third kappa shape index (κ3) is 4.79. The summed E-state index contributed by atoms with van der Waals surface area (Å²) in [5, 5.41) is 2.76. The maximum absolute atomic E-state index is 11.8. The Labute approximate surface area is 116 Å². The monoisotopic (exact) mass is 285 g/mol. The van der Waals surface area contributed by atoms with Crippen LogP contribution in [0.2, 0.25) is 5.02 Å². The SMILES string of the molecule is CCOC(=O)Nc1ccc(Cl)c(C(=O)OC(C)C)c1. The predicted molar refractivity (Wildman–Crippen MR) is 72.6 cm³/mol. The summed E-state index contributed by atoms with van der Waals surface area (Å²) in [7, 11) is 0. The number of amides is 1. The van der Waals surface area contributed by atoms with E-state index in [0.717, 1.165) is 0 Å². The Balaban J connectivity index is 2.88. The van der Waals surface area contributed by atoms with E-state index in [2.05, 4.69) is 5.32 Å². The number of carbonyl (C=O) groups excluding carboxylic acids is 2. The summed E-state index contributed by atoms with van der Waals surface area (Å²) >= 11 is 5.93. The Morgan fingerprint density at radius 3 is 2.63 bits per heavy atom. The van der Waals surface area contributed by atoms with Gasteiger partial charge < -0.3 is 9.47 Å². The molecule has 0 atom stereocenters. The van der Waals surface area contributed by atoms with Crippen molar-refractivity contribution in [1.29, 1.82) is 0 Å². The minimum atomic E-state index is -0.590. The number of carbonyl (C=O) groups is 2. The second-order valence-electron chi connectivity index (χ2n) is 3.99. The summed E-state index contributed by atoms with van der Waals surface area (Å²) in [5.74, 6) is -0.535. The van der Waals surface area contributed by atoms with Crippen LogP contribution in [0, 0.1) is 0 Å². The molecular weight excluding hydrogens is 270 g/mol. The van der Waals surface area contributed by atoms with Gasteiger partial charge in [-0.1, -0.05) is 11.6 Å². The van der Waals surface area contributed by atoms with Crippen LogP contribution < -0.4 is 5.32 Å². The number of nitrogens with one attached hydrogen (secondary N) is 1. The van der Waals surface area contributed by atoms with Gasteiger partial charge in [0.25, 0.3) is 0 Å². The van der Waals surface area contributed by atoms with Crippen molar-refractivity contribution in [3.8, 4) is 0 Å². The highest BCUT2D eigenvalue weighted by Crippen LogP contribution is 2.22. The molecular formula is C13H16ClNO4. The number of rotatable bonds is 4. The van der Waals surface area contributed by atoms with Gasteiger partial charge in [0.2, 0.25) is 0 Å². The van der Waals surface area contributed by atoms with Crippen LogP contribution in [-0.4, -0.2) is 24.8 Å². The van der Waals surface area contributed by atoms with E-state index >= 15 is 0 Å². The second kappa shape index (κ2) is 6.99. The smallest absolute Gasteiger partial charge is 0.411 e. The largest absolute Gasteiger partial charge is 0.459 e. The van der Waals surface area contributed by atoms with Crippen molar-refractivity contribution in [2.24, 2.45) is 0 Å². The summed E-state index contributed by atoms with van der Waals surface area (Å²) in [6, 6.07) is 4.54. The molecule has 0 fully saturated rings. The van der Waals surface area contributed by atoms with Crippen LogP contribution in [0.5, 0.6) is 0 Å². The fraction of sp³-hybridized carbons (Fsp3) is 0.385. The van der Waals surface area contributed by atoms with Gasteiger partial charge in [-0.25, -0.2) is 9.59 Å². The Bertz CT molecular complexity index is 474. The summed E-state index contributed by atoms with van der Waals surface area (Å²) in [6.45, 7) is 5.45. The highest BCUT2D eigenvalue weighted by molar-refractivity contribution is 6.33. The second-order valence-corrected chi connectivity index (χ2v) is 4.40. The normalized spacial score (nSPS) is 10.2. The highest BCUT2D eigenvalue weighted by Gasteiger charge is 2.15. The van der Waals surface area contributed by atoms with Gasteiger partial charge in [0.1, 0.15) is 0 Å². The number of esters is 1. The lowest BCUT2D eigenvalue weighted by molar-refractivity contribution is 0.0378. The van der Waals surface area contributed by atoms with Gasteiger partial charge in [-0.15, -0.1) is 0 Å². The first-order valence-corrected chi connectivity index (χ1v) is 6.26. The number of halogens is 1. The predicted octanol–water partition coefficient (Wildman–Crippen LogP) is 3.47. The number of anilines is 1. The zero-order valence-corrected chi connectivity index (χ0v) is 11.8. The van der Waals surface area contributed by atoms with Crippen LogP contribution in [-0.2, 0) is 9.47 Å². The molecule has 1 N–H and O–H groups in total. The van der Waals surface area contributed by atoms with E-state index in [4.69, 9.17) is 21.1 Å². The average Bonchev–Trinajstić information content (AvgIpc) is 2.31. The van der Waals surface area contributed by atoms with Gasteiger partial charge in [0.05, 0.1) is 23.3 Å². The molecule has 1 aromatic carbocycles. The van der Waals surface area contributed by atoms with Gasteiger partial charge in [0.15, 0.2) is 0 Å². The summed E-state index contributed by atoms with van der Waals surface area (Å²) in [4.78, 5) is 23.1. The van der Waals surface area contributed by atoms with E-state index in [1.165, 1.54) is 12.1 Å². The van der Waals surface area contributed by atoms with Crippen molar-refractivity contribution in [1.82, 2.24) is 0 Å². The number of hydrogen-bond acceptors (Lipinski definition) is 4. The van der Waals surface area contributed by atoms with Crippen LogP contribution in [0.1, 0.15) is 31.1 Å². The first kappa shape index (κ1) is 15.3. The lowest BCUT2D eigenvalue weighted by Gasteiger charge is -2.11. The maximum atomic E-state index is 11.8. The molecule has 0 spiro atoms. The molecule has 0 aliphatic rings. The van der Waals surface area contributed by atoms with Crippen molar-refractivity contribution < 1.29 is 19.1 Å². The molecule has 0 saturated carbocycles. The molecule has 104 valence electrons. The van der Waals surface area contributed by atoms with E-state index in [1.807, 2.05) is 0 Å². The summed E-state index contributed by atoms with van der Waals surface area (Å²) in [6.07, 6.45) is -0.835. The number of benzene rings is 1. The first-order chi connectivity index (χ1) is 8.93. The van der Waals surface area contributed by atoms with Crippen LogP contribution >= 0.6 is 11.6 Å². The minimum absolute atomic E-state index is 0.199. The number of hydrogen-bond donors (Lipinski definition) is 1. The molecule has 6 heteroatoms. The van der Waals surface area contributed by atoms with E-state index in [9.17, 15) is 9.59 Å². The minimum Gasteiger partial charge on any atom is -0.459 e. The Morgan fingerprint density at radius 2 is 2.05 bits per heavy atom. The average molecular weight is 286 g/mol. The Kier molecular flexibility index (Phi) is 5.63. The highest BCUT2D eigenvalue weighted by atomic mass is 35.5. The molecule has 1 aromatic rings. The first-order valence-electron chi connectivity index (χ1n) is 5.88. The lowest BCUT2D eigenvalue weighted by atomic mass is 10.2. The van der Waals surface area contributed by atoms with Gasteiger partial charge in [-0.3, -0.25) is 5.32 Å². The Morgan fingerprint density at radius 1 is 1.37 bits per heavy atom. The fourth-order valence-corrected chi connectivity index (χ4v) is 1.52. The fourth-order valence-electron chi connectivity index (χ4n) is 1.32. The molecule has 1 rings (SSSR count). The maximum Gasteiger partial charge on any atom is 0.411 e. The van der Waals surface area contributed by atoms with Crippen LogP contribution in [0.4, 0.5) is 10.5 Å². The van der Waals surface area contributed by atoms with Crippen molar-refractivity contribution in [2.75, 3.05) is 11.9 Å². The van der Waals surface area contributed by atoms with Crippen molar-refractivity contribution in [3.63, 3.8) is 0 Å². The van der Waals surface area contributed by atoms with E-state index < -0.39 is 12.1 Å². The summed E-state index contributed by atoms with van der Waals surface area (Å²) < 4.78 is 9.80. The third-order valence-electron chi connectivity index (χ3n) is 2.05. The third-order valence-corrected chi connectivity index (χ3v) is 2.38. The van der Waals surface area contributed by atoms with Crippen LogP contribution in [0.25, 0.3) is 0 Å². The molecule has 0 aliphatic carbocycles. The molecule has 0 bridgehead atoms. The molecule has 5 nitrogen and oxygen atoms in total. The van der Waals surface area contributed by atoms with E-state index in [-0.39, 0.29) is 23.3 Å². The van der Waals surface area contributed by atoms with Gasteiger partial charge in [-0.05, 0) is 39.0 Å². The molecule has 19 heavy (non-hydrogen) atoms. The molecule has 1 amide bonds. The molecule has 0 heterocycles. The van der Waals surface area contributed by atoms with Gasteiger partial charge in [-0.2, -0.15) is 0 Å². The number of ether oxygens (including phenoxy) is 2. The molecule has 0 unspecified atom stereocenters. The summed E-state index contributed by atoms with van der Waals surface area (Å²) in [5.41, 5.74) is 0.614. The molecule has 0 saturated heterocycles. The van der Waals surface area contributed by atoms with E-state index in [1.54, 1.807) is 26.8 Å². The lowest BCUT2D eigenvalue weighted by Crippen LogP contribution is -2.15. The molecule has 0 aromatic heterocycles. The Hall–Kier alpha value is -1.75. The standard InChI is InChI=1S/C13H16ClNO4/c1-4-18-13(17)15-9-5-6-11(14)10(7-9)12(16)19-8(2)3/h5-8H,4H2,1-3H3,(H,15,17). The van der Waals surface area contributed by atoms with Crippen LogP contribution in [0.15, 0.2) is 18.2 Å². The molecule has 0 aliphatic heterocycles. The van der Waals surface area contributed by atoms with Gasteiger partial charge >= 0.3 is 12.1 Å². The molecule has 0 radical (unpaired) electrons. The van der Waals surface area contributed by atoms with Crippen molar-refractivity contribution >= 4 is 29.4 Å². The quantitative estimate of drug-likeness (QED) is 0.860. The van der Waals surface area contributed by atoms with E-state index in [0.29, 0.717) is 5.69 Å². The zero-order chi connectivity index (χ0) is 14.4. The topological polar surface area (TPSA) is 64.6 Å². The van der Waals surface area contributed by atoms with Gasteiger partial charge in [0, 0.05) is 5.69 Å². The zero-order valence-electron chi connectivity index (χ0n) is 11.0. The van der Waals surface area contributed by atoms with Crippen LogP contribution in [0.3, 0.4) is 0 Å².